The lowest BCUT2D eigenvalue weighted by molar-refractivity contribution is -0.118. The molecule has 6 nitrogen and oxygen atoms in total. The molecule has 0 aliphatic carbocycles. The molecule has 0 bridgehead atoms. The number of hydrogen-bond acceptors (Lipinski definition) is 4. The number of benzene rings is 3. The Morgan fingerprint density at radius 1 is 0.939 bits per heavy atom. The third-order valence-corrected chi connectivity index (χ3v) is 5.68. The number of anilines is 2. The Morgan fingerprint density at radius 3 is 2.09 bits per heavy atom. The van der Waals surface area contributed by atoms with E-state index in [2.05, 4.69) is 26.1 Å². The van der Waals surface area contributed by atoms with Crippen LogP contribution in [0.5, 0.6) is 5.75 Å². The Hall–Kier alpha value is -3.64. The zero-order chi connectivity index (χ0) is 23.8. The number of halogens is 1. The van der Waals surface area contributed by atoms with Crippen LogP contribution in [0.3, 0.4) is 0 Å². The quantitative estimate of drug-likeness (QED) is 0.511. The third-order valence-electron chi connectivity index (χ3n) is 5.37. The number of nitrogens with zero attached hydrogens (tertiary/aromatic N) is 1. The molecule has 1 N–H and O–H groups in total. The standard InChI is InChI=1S/C26H23ClN2O4/c1-26(2,3)16-8-11-18(12-9-16)33-15-23(30)28-22-13-10-17(14-21(22)27)29-24(31)19-6-4-5-7-20(19)25(29)32/h4-14H,15H2,1-3H3,(H,28,30). The summed E-state index contributed by atoms with van der Waals surface area (Å²) >= 11 is 6.33. The highest BCUT2D eigenvalue weighted by atomic mass is 35.5. The number of rotatable bonds is 5. The van der Waals surface area contributed by atoms with Gasteiger partial charge in [-0.15, -0.1) is 0 Å². The number of carbonyl (C=O) groups is 3. The molecular weight excluding hydrogens is 440 g/mol. The van der Waals surface area contributed by atoms with Crippen molar-refractivity contribution in [3.63, 3.8) is 0 Å². The molecule has 0 radical (unpaired) electrons. The van der Waals surface area contributed by atoms with E-state index in [0.717, 1.165) is 4.90 Å². The van der Waals surface area contributed by atoms with Crippen LogP contribution in [0.15, 0.2) is 66.7 Å². The monoisotopic (exact) mass is 462 g/mol. The van der Waals surface area contributed by atoms with Crippen LogP contribution in [0, 0.1) is 0 Å². The fraction of sp³-hybridized carbons (Fsp3) is 0.192. The molecular formula is C26H23ClN2O4. The molecule has 1 aliphatic heterocycles. The number of amides is 3. The van der Waals surface area contributed by atoms with E-state index in [4.69, 9.17) is 16.3 Å². The Balaban J connectivity index is 1.40. The maximum Gasteiger partial charge on any atom is 0.266 e. The van der Waals surface area contributed by atoms with Crippen LogP contribution < -0.4 is 15.0 Å². The summed E-state index contributed by atoms with van der Waals surface area (Å²) in [5.74, 6) is -0.612. The lowest BCUT2D eigenvalue weighted by atomic mass is 9.87. The summed E-state index contributed by atoms with van der Waals surface area (Å²) in [5.41, 5.74) is 2.59. The minimum Gasteiger partial charge on any atom is -0.484 e. The maximum absolute atomic E-state index is 12.7. The van der Waals surface area contributed by atoms with Crippen molar-refractivity contribution >= 4 is 40.7 Å². The van der Waals surface area contributed by atoms with Crippen molar-refractivity contribution in [1.82, 2.24) is 0 Å². The molecule has 0 unspecified atom stereocenters. The summed E-state index contributed by atoms with van der Waals surface area (Å²) in [6, 6.07) is 18.8. The number of imide groups is 1. The highest BCUT2D eigenvalue weighted by molar-refractivity contribution is 6.36. The molecule has 3 amide bonds. The van der Waals surface area contributed by atoms with E-state index in [-0.39, 0.29) is 23.0 Å². The topological polar surface area (TPSA) is 75.7 Å². The number of nitrogens with one attached hydrogen (secondary N) is 1. The SMILES string of the molecule is CC(C)(C)c1ccc(OCC(=O)Nc2ccc(N3C(=O)c4ccccc4C3=O)cc2Cl)cc1. The predicted octanol–water partition coefficient (Wildman–Crippen LogP) is 5.46. The van der Waals surface area contributed by atoms with E-state index in [1.807, 2.05) is 24.3 Å². The predicted molar refractivity (Wildman–Crippen MR) is 128 cm³/mol. The highest BCUT2D eigenvalue weighted by Crippen LogP contribution is 2.33. The van der Waals surface area contributed by atoms with Gasteiger partial charge in [0.2, 0.25) is 0 Å². The van der Waals surface area contributed by atoms with Crippen LogP contribution >= 0.6 is 11.6 Å². The maximum atomic E-state index is 12.7. The van der Waals surface area contributed by atoms with Gasteiger partial charge in [-0.2, -0.15) is 0 Å². The average molecular weight is 463 g/mol. The Morgan fingerprint density at radius 2 is 1.55 bits per heavy atom. The molecule has 0 saturated carbocycles. The van der Waals surface area contributed by atoms with Crippen LogP contribution in [0.2, 0.25) is 5.02 Å². The van der Waals surface area contributed by atoms with Gasteiger partial charge in [0.05, 0.1) is 27.5 Å². The normalized spacial score (nSPS) is 13.2. The molecule has 1 heterocycles. The molecule has 3 aromatic carbocycles. The van der Waals surface area contributed by atoms with Crippen molar-refractivity contribution in [2.24, 2.45) is 0 Å². The lowest BCUT2D eigenvalue weighted by Crippen LogP contribution is -2.29. The highest BCUT2D eigenvalue weighted by Gasteiger charge is 2.36. The van der Waals surface area contributed by atoms with Gasteiger partial charge in [0.15, 0.2) is 6.61 Å². The molecule has 4 rings (SSSR count). The van der Waals surface area contributed by atoms with Gasteiger partial charge in [-0.1, -0.05) is 56.6 Å². The Kier molecular flexibility index (Phi) is 5.95. The van der Waals surface area contributed by atoms with Gasteiger partial charge in [0.1, 0.15) is 5.75 Å². The van der Waals surface area contributed by atoms with E-state index < -0.39 is 11.8 Å². The summed E-state index contributed by atoms with van der Waals surface area (Å²) in [6.07, 6.45) is 0. The number of ether oxygens (including phenoxy) is 1. The van der Waals surface area contributed by atoms with Crippen molar-refractivity contribution in [3.05, 3.63) is 88.4 Å². The van der Waals surface area contributed by atoms with Gasteiger partial charge in [-0.25, -0.2) is 4.90 Å². The molecule has 33 heavy (non-hydrogen) atoms. The number of carbonyl (C=O) groups excluding carboxylic acids is 3. The summed E-state index contributed by atoms with van der Waals surface area (Å²) in [4.78, 5) is 38.7. The Bertz CT molecular complexity index is 1210. The molecule has 0 aromatic heterocycles. The Labute approximate surface area is 197 Å². The summed E-state index contributed by atoms with van der Waals surface area (Å²) in [6.45, 7) is 6.18. The van der Waals surface area contributed by atoms with Gasteiger partial charge in [-0.05, 0) is 53.4 Å². The van der Waals surface area contributed by atoms with Crippen molar-refractivity contribution in [1.29, 1.82) is 0 Å². The van der Waals surface area contributed by atoms with Gasteiger partial charge >= 0.3 is 0 Å². The molecule has 0 saturated heterocycles. The van der Waals surface area contributed by atoms with Crippen molar-refractivity contribution in [3.8, 4) is 5.75 Å². The first-order chi connectivity index (χ1) is 15.6. The van der Waals surface area contributed by atoms with E-state index >= 15 is 0 Å². The van der Waals surface area contributed by atoms with Crippen LogP contribution in [-0.4, -0.2) is 24.3 Å². The fourth-order valence-electron chi connectivity index (χ4n) is 3.55. The number of fused-ring (bicyclic) bond motifs is 1. The molecule has 0 fully saturated rings. The molecule has 0 spiro atoms. The van der Waals surface area contributed by atoms with Crippen LogP contribution in [-0.2, 0) is 10.2 Å². The van der Waals surface area contributed by atoms with Crippen LogP contribution in [0.1, 0.15) is 47.1 Å². The molecule has 1 aliphatic rings. The van der Waals surface area contributed by atoms with Crippen molar-refractivity contribution in [2.45, 2.75) is 26.2 Å². The average Bonchev–Trinajstić information content (AvgIpc) is 3.04. The second kappa shape index (κ2) is 8.71. The van der Waals surface area contributed by atoms with Crippen LogP contribution in [0.25, 0.3) is 0 Å². The zero-order valence-electron chi connectivity index (χ0n) is 18.5. The molecule has 168 valence electrons. The summed E-state index contributed by atoms with van der Waals surface area (Å²) in [5, 5.41) is 2.89. The lowest BCUT2D eigenvalue weighted by Gasteiger charge is -2.19. The van der Waals surface area contributed by atoms with Gasteiger partial charge in [0, 0.05) is 0 Å². The number of hydrogen-bond donors (Lipinski definition) is 1. The second-order valence-corrected chi connectivity index (χ2v) is 9.17. The first-order valence-corrected chi connectivity index (χ1v) is 10.8. The summed E-state index contributed by atoms with van der Waals surface area (Å²) < 4.78 is 5.56. The zero-order valence-corrected chi connectivity index (χ0v) is 19.3. The van der Waals surface area contributed by atoms with Gasteiger partial charge in [-0.3, -0.25) is 14.4 Å². The molecule has 0 atom stereocenters. The first kappa shape index (κ1) is 22.6. The van der Waals surface area contributed by atoms with E-state index in [1.165, 1.54) is 11.6 Å². The van der Waals surface area contributed by atoms with E-state index in [9.17, 15) is 14.4 Å². The smallest absolute Gasteiger partial charge is 0.266 e. The molecule has 3 aromatic rings. The van der Waals surface area contributed by atoms with Crippen molar-refractivity contribution < 1.29 is 19.1 Å². The summed E-state index contributed by atoms with van der Waals surface area (Å²) in [7, 11) is 0. The van der Waals surface area contributed by atoms with Crippen LogP contribution in [0.4, 0.5) is 11.4 Å². The van der Waals surface area contributed by atoms with E-state index in [0.29, 0.717) is 28.3 Å². The minimum absolute atomic E-state index is 0.0336. The van der Waals surface area contributed by atoms with Gasteiger partial charge in [0.25, 0.3) is 17.7 Å². The van der Waals surface area contributed by atoms with Crippen molar-refractivity contribution in [2.75, 3.05) is 16.8 Å². The molecule has 7 heteroatoms. The fourth-order valence-corrected chi connectivity index (χ4v) is 3.78. The largest absolute Gasteiger partial charge is 0.484 e. The third kappa shape index (κ3) is 4.61. The minimum atomic E-state index is -0.408. The van der Waals surface area contributed by atoms with E-state index in [1.54, 1.807) is 36.4 Å². The van der Waals surface area contributed by atoms with Gasteiger partial charge < -0.3 is 10.1 Å². The second-order valence-electron chi connectivity index (χ2n) is 8.77. The first-order valence-electron chi connectivity index (χ1n) is 10.5.